The van der Waals surface area contributed by atoms with Gasteiger partial charge in [-0.05, 0) is 30.3 Å². The number of para-hydroxylation sites is 2. The molecule has 0 unspecified atom stereocenters. The Hall–Kier alpha value is -2.38. The molecule has 1 heterocycles. The SMILES string of the molecule is CS(=O)(=O)c1cccc(C(=O)Nc2ccccc2N2CCOCC2)c1. The Kier molecular flexibility index (Phi) is 5.06. The van der Waals surface area contributed by atoms with E-state index in [-0.39, 0.29) is 10.8 Å². The molecule has 1 amide bonds. The molecule has 0 saturated carbocycles. The average Bonchev–Trinajstić information content (AvgIpc) is 2.62. The number of morpholine rings is 1. The Morgan fingerprint density at radius 3 is 2.52 bits per heavy atom. The fraction of sp³-hybridized carbons (Fsp3) is 0.278. The predicted octanol–water partition coefficient (Wildman–Crippen LogP) is 2.18. The Bertz CT molecular complexity index is 874. The van der Waals surface area contributed by atoms with E-state index < -0.39 is 9.84 Å². The molecule has 1 aliphatic heterocycles. The maximum absolute atomic E-state index is 12.6. The second-order valence-corrected chi connectivity index (χ2v) is 7.89. The van der Waals surface area contributed by atoms with E-state index in [1.165, 1.54) is 12.1 Å². The summed E-state index contributed by atoms with van der Waals surface area (Å²) >= 11 is 0. The molecule has 7 heteroatoms. The van der Waals surface area contributed by atoms with Crippen LogP contribution in [0.25, 0.3) is 0 Å². The molecule has 2 aromatic rings. The number of benzene rings is 2. The monoisotopic (exact) mass is 360 g/mol. The Morgan fingerprint density at radius 2 is 1.80 bits per heavy atom. The van der Waals surface area contributed by atoms with Crippen LogP contribution in [0, 0.1) is 0 Å². The summed E-state index contributed by atoms with van der Waals surface area (Å²) in [7, 11) is -3.36. The first-order valence-electron chi connectivity index (χ1n) is 7.98. The number of nitrogens with one attached hydrogen (secondary N) is 1. The zero-order valence-corrected chi connectivity index (χ0v) is 14.8. The van der Waals surface area contributed by atoms with E-state index in [0.29, 0.717) is 24.5 Å². The average molecular weight is 360 g/mol. The number of carbonyl (C=O) groups is 1. The number of carbonyl (C=O) groups excluding carboxylic acids is 1. The third-order valence-electron chi connectivity index (χ3n) is 4.03. The number of ether oxygens (including phenoxy) is 1. The van der Waals surface area contributed by atoms with E-state index in [1.54, 1.807) is 12.1 Å². The minimum absolute atomic E-state index is 0.126. The largest absolute Gasteiger partial charge is 0.378 e. The van der Waals surface area contributed by atoms with Crippen molar-refractivity contribution < 1.29 is 17.9 Å². The summed E-state index contributed by atoms with van der Waals surface area (Å²) in [5.74, 6) is -0.341. The van der Waals surface area contributed by atoms with Gasteiger partial charge in [0.25, 0.3) is 5.91 Å². The molecule has 0 bridgehead atoms. The molecule has 1 saturated heterocycles. The van der Waals surface area contributed by atoms with Crippen LogP contribution in [0.5, 0.6) is 0 Å². The molecule has 1 N–H and O–H groups in total. The van der Waals surface area contributed by atoms with Gasteiger partial charge in [-0.1, -0.05) is 18.2 Å². The van der Waals surface area contributed by atoms with E-state index >= 15 is 0 Å². The van der Waals surface area contributed by atoms with Crippen molar-refractivity contribution in [3.63, 3.8) is 0 Å². The minimum atomic E-state index is -3.36. The van der Waals surface area contributed by atoms with Crippen LogP contribution in [0.3, 0.4) is 0 Å². The smallest absolute Gasteiger partial charge is 0.255 e. The highest BCUT2D eigenvalue weighted by Gasteiger charge is 2.17. The second kappa shape index (κ2) is 7.25. The van der Waals surface area contributed by atoms with Crippen molar-refractivity contribution >= 4 is 27.1 Å². The van der Waals surface area contributed by atoms with E-state index in [1.807, 2.05) is 24.3 Å². The molecule has 0 aromatic heterocycles. The van der Waals surface area contributed by atoms with Gasteiger partial charge in [0, 0.05) is 24.9 Å². The second-order valence-electron chi connectivity index (χ2n) is 5.87. The Balaban J connectivity index is 1.84. The van der Waals surface area contributed by atoms with Gasteiger partial charge in [0.05, 0.1) is 29.5 Å². The molecular weight excluding hydrogens is 340 g/mol. The van der Waals surface area contributed by atoms with Crippen LogP contribution in [0.1, 0.15) is 10.4 Å². The molecular formula is C18H20N2O4S. The molecule has 1 aliphatic rings. The maximum Gasteiger partial charge on any atom is 0.255 e. The minimum Gasteiger partial charge on any atom is -0.378 e. The zero-order chi connectivity index (χ0) is 17.9. The van der Waals surface area contributed by atoms with Gasteiger partial charge in [-0.2, -0.15) is 0 Å². The summed E-state index contributed by atoms with van der Waals surface area (Å²) in [6.07, 6.45) is 1.12. The van der Waals surface area contributed by atoms with Gasteiger partial charge >= 0.3 is 0 Å². The van der Waals surface area contributed by atoms with Gasteiger partial charge in [0.15, 0.2) is 9.84 Å². The number of anilines is 2. The molecule has 0 spiro atoms. The summed E-state index contributed by atoms with van der Waals surface area (Å²) in [6.45, 7) is 2.82. The van der Waals surface area contributed by atoms with Crippen molar-refractivity contribution in [3.8, 4) is 0 Å². The molecule has 2 aromatic carbocycles. The summed E-state index contributed by atoms with van der Waals surface area (Å²) in [6, 6.07) is 13.6. The van der Waals surface area contributed by atoms with Gasteiger partial charge in [-0.3, -0.25) is 4.79 Å². The lowest BCUT2D eigenvalue weighted by Gasteiger charge is -2.30. The summed E-state index contributed by atoms with van der Waals surface area (Å²) in [4.78, 5) is 14.9. The maximum atomic E-state index is 12.6. The Morgan fingerprint density at radius 1 is 1.08 bits per heavy atom. The fourth-order valence-electron chi connectivity index (χ4n) is 2.72. The van der Waals surface area contributed by atoms with Gasteiger partial charge in [0.1, 0.15) is 0 Å². The highest BCUT2D eigenvalue weighted by molar-refractivity contribution is 7.90. The van der Waals surface area contributed by atoms with Gasteiger partial charge in [-0.15, -0.1) is 0 Å². The van der Waals surface area contributed by atoms with Crippen LogP contribution >= 0.6 is 0 Å². The molecule has 132 valence electrons. The molecule has 0 atom stereocenters. The van der Waals surface area contributed by atoms with Crippen LogP contribution in [-0.4, -0.2) is 46.9 Å². The van der Waals surface area contributed by atoms with E-state index in [0.717, 1.165) is 25.0 Å². The third kappa shape index (κ3) is 4.18. The van der Waals surface area contributed by atoms with Gasteiger partial charge in [0.2, 0.25) is 0 Å². The lowest BCUT2D eigenvalue weighted by atomic mass is 10.2. The third-order valence-corrected chi connectivity index (χ3v) is 5.14. The number of rotatable bonds is 4. The van der Waals surface area contributed by atoms with Crippen LogP contribution in [0.2, 0.25) is 0 Å². The van der Waals surface area contributed by atoms with Crippen molar-refractivity contribution in [3.05, 3.63) is 54.1 Å². The van der Waals surface area contributed by atoms with Crippen molar-refractivity contribution in [2.45, 2.75) is 4.90 Å². The lowest BCUT2D eigenvalue weighted by Crippen LogP contribution is -2.36. The van der Waals surface area contributed by atoms with E-state index in [4.69, 9.17) is 4.74 Å². The molecule has 25 heavy (non-hydrogen) atoms. The van der Waals surface area contributed by atoms with Crippen molar-refractivity contribution in [2.75, 3.05) is 42.8 Å². The van der Waals surface area contributed by atoms with Crippen LogP contribution in [0.4, 0.5) is 11.4 Å². The van der Waals surface area contributed by atoms with E-state index in [2.05, 4.69) is 10.2 Å². The van der Waals surface area contributed by atoms with Crippen molar-refractivity contribution in [2.24, 2.45) is 0 Å². The quantitative estimate of drug-likeness (QED) is 0.904. The van der Waals surface area contributed by atoms with E-state index in [9.17, 15) is 13.2 Å². The fourth-order valence-corrected chi connectivity index (χ4v) is 3.39. The molecule has 0 radical (unpaired) electrons. The number of amides is 1. The topological polar surface area (TPSA) is 75.7 Å². The summed E-state index contributed by atoms with van der Waals surface area (Å²) in [5, 5.41) is 2.89. The number of nitrogens with zero attached hydrogens (tertiary/aromatic N) is 1. The molecule has 6 nitrogen and oxygen atoms in total. The predicted molar refractivity (Wildman–Crippen MR) is 97.0 cm³/mol. The number of hydrogen-bond acceptors (Lipinski definition) is 5. The van der Waals surface area contributed by atoms with Gasteiger partial charge < -0.3 is 15.0 Å². The first-order chi connectivity index (χ1) is 11.9. The van der Waals surface area contributed by atoms with Gasteiger partial charge in [-0.25, -0.2) is 8.42 Å². The number of sulfone groups is 1. The number of hydrogen-bond donors (Lipinski definition) is 1. The Labute approximate surface area is 147 Å². The molecule has 3 rings (SSSR count). The van der Waals surface area contributed by atoms with Crippen LogP contribution in [-0.2, 0) is 14.6 Å². The normalized spacial score (nSPS) is 15.0. The molecule has 1 fully saturated rings. The summed E-state index contributed by atoms with van der Waals surface area (Å²) in [5.41, 5.74) is 1.93. The van der Waals surface area contributed by atoms with Crippen LogP contribution < -0.4 is 10.2 Å². The van der Waals surface area contributed by atoms with Crippen LogP contribution in [0.15, 0.2) is 53.4 Å². The van der Waals surface area contributed by atoms with Crippen molar-refractivity contribution in [1.29, 1.82) is 0 Å². The first kappa shape index (κ1) is 17.4. The van der Waals surface area contributed by atoms with Crippen molar-refractivity contribution in [1.82, 2.24) is 0 Å². The summed E-state index contributed by atoms with van der Waals surface area (Å²) < 4.78 is 28.7. The first-order valence-corrected chi connectivity index (χ1v) is 9.87. The lowest BCUT2D eigenvalue weighted by molar-refractivity contribution is 0.102. The highest BCUT2D eigenvalue weighted by atomic mass is 32.2. The highest BCUT2D eigenvalue weighted by Crippen LogP contribution is 2.27. The zero-order valence-electron chi connectivity index (χ0n) is 13.9. The molecule has 0 aliphatic carbocycles. The standard InChI is InChI=1S/C18H20N2O4S/c1-25(22,23)15-6-4-5-14(13-15)18(21)19-16-7-2-3-8-17(16)20-9-11-24-12-10-20/h2-8,13H,9-12H2,1H3,(H,19,21).